The van der Waals surface area contributed by atoms with Gasteiger partial charge in [-0.2, -0.15) is 0 Å². The quantitative estimate of drug-likeness (QED) is 0.827. The minimum absolute atomic E-state index is 0.0192. The van der Waals surface area contributed by atoms with Gasteiger partial charge < -0.3 is 15.0 Å². The molecule has 1 aromatic rings. The highest BCUT2D eigenvalue weighted by atomic mass is 16.5. The molecule has 3 fully saturated rings. The fraction of sp³-hybridized carbons (Fsp3) is 0.652. The first kappa shape index (κ1) is 20.2. The third-order valence-corrected chi connectivity index (χ3v) is 6.77. The highest BCUT2D eigenvalue weighted by molar-refractivity contribution is 5.76. The van der Waals surface area contributed by atoms with Gasteiger partial charge in [-0.3, -0.25) is 14.5 Å². The molecule has 6 heteroatoms. The summed E-state index contributed by atoms with van der Waals surface area (Å²) >= 11 is 0. The molecule has 1 N–H and O–H groups in total. The standard InChI is InChI=1S/C23H33N3O3/c1-17(27)24-23-15-25(11-10-20(23)14-26(16-23)18(2)28)13-19-6-5-9-22(12-19)29-21-7-3-4-8-21/h5-6,9,12,20-21H,3-4,7-8,10-11,13-16H2,1-2H3,(H,24,27)/t20-,23-/m1/s1. The van der Waals surface area contributed by atoms with Crippen molar-refractivity contribution < 1.29 is 14.3 Å². The number of nitrogens with zero attached hydrogens (tertiary/aromatic N) is 2. The second-order valence-electron chi connectivity index (χ2n) is 9.10. The van der Waals surface area contributed by atoms with Crippen LogP contribution in [-0.2, 0) is 16.1 Å². The van der Waals surface area contributed by atoms with Gasteiger partial charge in [-0.15, -0.1) is 0 Å². The van der Waals surface area contributed by atoms with Gasteiger partial charge in [0.25, 0.3) is 0 Å². The molecule has 6 nitrogen and oxygen atoms in total. The lowest BCUT2D eigenvalue weighted by molar-refractivity contribution is -0.128. The summed E-state index contributed by atoms with van der Waals surface area (Å²) in [6, 6.07) is 8.43. The predicted molar refractivity (Wildman–Crippen MR) is 112 cm³/mol. The number of hydrogen-bond donors (Lipinski definition) is 1. The van der Waals surface area contributed by atoms with Crippen LogP contribution in [0.4, 0.5) is 0 Å². The summed E-state index contributed by atoms with van der Waals surface area (Å²) in [7, 11) is 0. The Bertz CT molecular complexity index is 761. The Balaban J connectivity index is 1.44. The largest absolute Gasteiger partial charge is 0.490 e. The summed E-state index contributed by atoms with van der Waals surface area (Å²) in [4.78, 5) is 28.2. The Kier molecular flexibility index (Phi) is 5.81. The zero-order valence-electron chi connectivity index (χ0n) is 17.7. The first-order chi connectivity index (χ1) is 13.9. The van der Waals surface area contributed by atoms with Crippen molar-refractivity contribution in [3.63, 3.8) is 0 Å². The van der Waals surface area contributed by atoms with Crippen molar-refractivity contribution in [2.24, 2.45) is 5.92 Å². The van der Waals surface area contributed by atoms with Crippen LogP contribution in [0.5, 0.6) is 5.75 Å². The minimum Gasteiger partial charge on any atom is -0.490 e. The SMILES string of the molecule is CC(=O)N[C@@]12CN(Cc3cccc(OC4CCCC4)c3)CC[C@@H]1CN(C(C)=O)C2. The molecule has 2 saturated heterocycles. The van der Waals surface area contributed by atoms with Crippen LogP contribution >= 0.6 is 0 Å². The molecule has 0 aromatic heterocycles. The summed E-state index contributed by atoms with van der Waals surface area (Å²) in [5.74, 6) is 1.36. The second kappa shape index (κ2) is 8.34. The Labute approximate surface area is 173 Å². The lowest BCUT2D eigenvalue weighted by Gasteiger charge is -2.44. The maximum absolute atomic E-state index is 12.0. The van der Waals surface area contributed by atoms with E-state index in [-0.39, 0.29) is 17.4 Å². The molecule has 0 bridgehead atoms. The van der Waals surface area contributed by atoms with Crippen molar-refractivity contribution in [3.05, 3.63) is 29.8 Å². The molecular formula is C23H33N3O3. The fourth-order valence-corrected chi connectivity index (χ4v) is 5.42. The van der Waals surface area contributed by atoms with Crippen LogP contribution in [0.2, 0.25) is 0 Å². The average Bonchev–Trinajstić information content (AvgIpc) is 3.28. The van der Waals surface area contributed by atoms with Gasteiger partial charge in [0.05, 0.1) is 11.6 Å². The molecule has 2 heterocycles. The number of carbonyl (C=O) groups is 2. The van der Waals surface area contributed by atoms with E-state index < -0.39 is 0 Å². The number of fused-ring (bicyclic) bond motifs is 1. The van der Waals surface area contributed by atoms with Crippen LogP contribution in [0.25, 0.3) is 0 Å². The van der Waals surface area contributed by atoms with Gasteiger partial charge in [0.2, 0.25) is 11.8 Å². The van der Waals surface area contributed by atoms with Crippen molar-refractivity contribution >= 4 is 11.8 Å². The number of benzene rings is 1. The average molecular weight is 400 g/mol. The zero-order chi connectivity index (χ0) is 20.4. The molecule has 0 unspecified atom stereocenters. The molecule has 2 atom stereocenters. The molecule has 158 valence electrons. The lowest BCUT2D eigenvalue weighted by Crippen LogP contribution is -2.63. The van der Waals surface area contributed by atoms with Crippen LogP contribution in [0.1, 0.15) is 51.5 Å². The predicted octanol–water partition coefficient (Wildman–Crippen LogP) is 2.57. The number of likely N-dealkylation sites (tertiary alicyclic amines) is 2. The molecule has 29 heavy (non-hydrogen) atoms. The van der Waals surface area contributed by atoms with Gasteiger partial charge in [0.1, 0.15) is 5.75 Å². The third kappa shape index (κ3) is 4.58. The lowest BCUT2D eigenvalue weighted by atomic mass is 9.80. The molecule has 1 aliphatic carbocycles. The van der Waals surface area contributed by atoms with Crippen molar-refractivity contribution in [2.45, 2.75) is 64.1 Å². The summed E-state index contributed by atoms with van der Waals surface area (Å²) in [5.41, 5.74) is 0.895. The zero-order valence-corrected chi connectivity index (χ0v) is 17.7. The van der Waals surface area contributed by atoms with E-state index >= 15 is 0 Å². The Hall–Kier alpha value is -2.08. The van der Waals surface area contributed by atoms with Gasteiger partial charge in [-0.1, -0.05) is 12.1 Å². The van der Waals surface area contributed by atoms with Gasteiger partial charge in [-0.25, -0.2) is 0 Å². The number of nitrogens with one attached hydrogen (secondary N) is 1. The van der Waals surface area contributed by atoms with E-state index in [1.165, 1.54) is 18.4 Å². The maximum atomic E-state index is 12.0. The summed E-state index contributed by atoms with van der Waals surface area (Å²) in [6.07, 6.45) is 6.19. The number of rotatable bonds is 5. The maximum Gasteiger partial charge on any atom is 0.219 e. The minimum atomic E-state index is -0.340. The smallest absolute Gasteiger partial charge is 0.219 e. The van der Waals surface area contributed by atoms with Gasteiger partial charge >= 0.3 is 0 Å². The molecule has 1 aromatic carbocycles. The topological polar surface area (TPSA) is 61.9 Å². The Morgan fingerprint density at radius 3 is 2.69 bits per heavy atom. The van der Waals surface area contributed by atoms with Crippen molar-refractivity contribution in [2.75, 3.05) is 26.2 Å². The molecule has 4 rings (SSSR count). The van der Waals surface area contributed by atoms with E-state index in [4.69, 9.17) is 4.74 Å². The van der Waals surface area contributed by atoms with Crippen LogP contribution < -0.4 is 10.1 Å². The molecule has 1 saturated carbocycles. The molecule has 0 radical (unpaired) electrons. The van der Waals surface area contributed by atoms with E-state index in [2.05, 4.69) is 34.5 Å². The fourth-order valence-electron chi connectivity index (χ4n) is 5.42. The summed E-state index contributed by atoms with van der Waals surface area (Å²) in [5, 5.41) is 3.22. The van der Waals surface area contributed by atoms with Gasteiger partial charge in [0, 0.05) is 45.9 Å². The van der Waals surface area contributed by atoms with Crippen LogP contribution in [0.15, 0.2) is 24.3 Å². The number of carbonyl (C=O) groups excluding carboxylic acids is 2. The van der Waals surface area contributed by atoms with Crippen molar-refractivity contribution in [3.8, 4) is 5.75 Å². The summed E-state index contributed by atoms with van der Waals surface area (Å²) < 4.78 is 6.17. The van der Waals surface area contributed by atoms with Crippen molar-refractivity contribution in [1.29, 1.82) is 0 Å². The highest BCUT2D eigenvalue weighted by Crippen LogP contribution is 2.36. The van der Waals surface area contributed by atoms with E-state index in [0.29, 0.717) is 18.6 Å². The summed E-state index contributed by atoms with van der Waals surface area (Å²) in [6.45, 7) is 7.12. The van der Waals surface area contributed by atoms with Crippen molar-refractivity contribution in [1.82, 2.24) is 15.1 Å². The second-order valence-corrected chi connectivity index (χ2v) is 9.10. The van der Waals surface area contributed by atoms with Crippen LogP contribution in [0.3, 0.4) is 0 Å². The third-order valence-electron chi connectivity index (χ3n) is 6.77. The van der Waals surface area contributed by atoms with E-state index in [1.807, 2.05) is 4.90 Å². The highest BCUT2D eigenvalue weighted by Gasteiger charge is 2.50. The molecular weight excluding hydrogens is 366 g/mol. The first-order valence-corrected chi connectivity index (χ1v) is 11.0. The van der Waals surface area contributed by atoms with Gasteiger partial charge in [-0.05, 0) is 56.3 Å². The Morgan fingerprint density at radius 1 is 1.17 bits per heavy atom. The first-order valence-electron chi connectivity index (χ1n) is 11.0. The molecule has 0 spiro atoms. The number of ether oxygens (including phenoxy) is 1. The molecule has 2 aliphatic heterocycles. The number of piperidine rings is 1. The van der Waals surface area contributed by atoms with Crippen LogP contribution in [0, 0.1) is 5.92 Å². The monoisotopic (exact) mass is 399 g/mol. The molecule has 3 aliphatic rings. The molecule has 2 amide bonds. The van der Waals surface area contributed by atoms with E-state index in [0.717, 1.165) is 51.2 Å². The Morgan fingerprint density at radius 2 is 1.97 bits per heavy atom. The van der Waals surface area contributed by atoms with Crippen LogP contribution in [-0.4, -0.2) is 59.4 Å². The number of amides is 2. The normalized spacial score (nSPS) is 27.7. The van der Waals surface area contributed by atoms with Gasteiger partial charge in [0.15, 0.2) is 0 Å². The van der Waals surface area contributed by atoms with E-state index in [9.17, 15) is 9.59 Å². The number of hydrogen-bond acceptors (Lipinski definition) is 4. The van der Waals surface area contributed by atoms with E-state index in [1.54, 1.807) is 13.8 Å².